The summed E-state index contributed by atoms with van der Waals surface area (Å²) in [5.41, 5.74) is 4.80. The smallest absolute Gasteiger partial charge is 0.237 e. The fourth-order valence-electron chi connectivity index (χ4n) is 3.35. The molecule has 0 aliphatic carbocycles. The van der Waals surface area contributed by atoms with E-state index in [1.54, 1.807) is 6.20 Å². The Bertz CT molecular complexity index is 871. The Kier molecular flexibility index (Phi) is 4.80. The third-order valence-electron chi connectivity index (χ3n) is 4.77. The molecule has 5 heteroatoms. The van der Waals surface area contributed by atoms with Gasteiger partial charge in [0.1, 0.15) is 0 Å². The van der Waals surface area contributed by atoms with Crippen LogP contribution in [0.5, 0.6) is 0 Å². The van der Waals surface area contributed by atoms with Gasteiger partial charge in [0.05, 0.1) is 12.6 Å². The summed E-state index contributed by atoms with van der Waals surface area (Å²) in [4.78, 5) is 11.7. The average molecular weight is 346 g/mol. The molecule has 2 aromatic carbocycles. The first-order chi connectivity index (χ1) is 12.8. The number of carbonyl (C=O) groups excluding carboxylic acids is 1. The van der Waals surface area contributed by atoms with Gasteiger partial charge in [-0.05, 0) is 34.7 Å². The molecule has 1 atom stereocenters. The van der Waals surface area contributed by atoms with E-state index in [1.165, 1.54) is 22.3 Å². The largest absolute Gasteiger partial charge is 0.355 e. The molecule has 0 radical (unpaired) electrons. The molecule has 132 valence electrons. The number of carbonyl (C=O) groups is 1. The van der Waals surface area contributed by atoms with Crippen molar-refractivity contribution < 1.29 is 4.79 Å². The molecule has 1 fully saturated rings. The van der Waals surface area contributed by atoms with Gasteiger partial charge in [0.25, 0.3) is 0 Å². The van der Waals surface area contributed by atoms with E-state index < -0.39 is 0 Å². The molecule has 4 rings (SSSR count). The highest BCUT2D eigenvalue weighted by molar-refractivity contribution is 5.83. The molecular weight excluding hydrogens is 324 g/mol. The Labute approximate surface area is 153 Å². The van der Waals surface area contributed by atoms with E-state index in [2.05, 4.69) is 58.2 Å². The lowest BCUT2D eigenvalue weighted by Gasteiger charge is -2.14. The second-order valence-corrected chi connectivity index (χ2v) is 6.57. The maximum absolute atomic E-state index is 11.7. The summed E-state index contributed by atoms with van der Waals surface area (Å²) in [6.07, 6.45) is 4.61. The fraction of sp³-hybridized carbons (Fsp3) is 0.238. The summed E-state index contributed by atoms with van der Waals surface area (Å²) in [7, 11) is 0. The van der Waals surface area contributed by atoms with Crippen molar-refractivity contribution in [1.82, 2.24) is 20.4 Å². The van der Waals surface area contributed by atoms with Gasteiger partial charge in [-0.25, -0.2) is 0 Å². The summed E-state index contributed by atoms with van der Waals surface area (Å²) < 4.78 is 1.92. The quantitative estimate of drug-likeness (QED) is 0.721. The van der Waals surface area contributed by atoms with E-state index in [1.807, 2.05) is 23.0 Å². The van der Waals surface area contributed by atoms with Crippen LogP contribution in [0.25, 0.3) is 11.1 Å². The van der Waals surface area contributed by atoms with Crippen molar-refractivity contribution in [3.05, 3.63) is 78.1 Å². The highest BCUT2D eigenvalue weighted by atomic mass is 16.2. The third kappa shape index (κ3) is 3.68. The number of amides is 1. The molecule has 2 heterocycles. The molecular formula is C21H22N4O. The maximum Gasteiger partial charge on any atom is 0.237 e. The Hall–Kier alpha value is -2.92. The first-order valence-corrected chi connectivity index (χ1v) is 8.95. The summed E-state index contributed by atoms with van der Waals surface area (Å²) in [6.45, 7) is 2.21. The molecule has 1 aromatic heterocycles. The van der Waals surface area contributed by atoms with Gasteiger partial charge < -0.3 is 10.6 Å². The third-order valence-corrected chi connectivity index (χ3v) is 4.77. The van der Waals surface area contributed by atoms with Crippen LogP contribution in [-0.4, -0.2) is 28.3 Å². The number of rotatable bonds is 6. The minimum Gasteiger partial charge on any atom is -0.355 e. The Morgan fingerprint density at radius 2 is 1.96 bits per heavy atom. The van der Waals surface area contributed by atoms with Crippen LogP contribution in [0.4, 0.5) is 0 Å². The van der Waals surface area contributed by atoms with Crippen LogP contribution in [0.1, 0.15) is 17.5 Å². The number of hydrogen-bond donors (Lipinski definition) is 2. The monoisotopic (exact) mass is 346 g/mol. The van der Waals surface area contributed by atoms with E-state index in [9.17, 15) is 4.79 Å². The summed E-state index contributed by atoms with van der Waals surface area (Å²) in [5.74, 6) is 0.102. The zero-order valence-electron chi connectivity index (χ0n) is 14.6. The van der Waals surface area contributed by atoms with Gasteiger partial charge in [-0.1, -0.05) is 48.5 Å². The van der Waals surface area contributed by atoms with E-state index in [0.717, 1.165) is 19.5 Å². The summed E-state index contributed by atoms with van der Waals surface area (Å²) in [5, 5.41) is 10.5. The second kappa shape index (κ2) is 7.54. The van der Waals surface area contributed by atoms with Crippen molar-refractivity contribution in [2.24, 2.45) is 0 Å². The van der Waals surface area contributed by atoms with Crippen LogP contribution in [-0.2, 0) is 17.9 Å². The fourth-order valence-corrected chi connectivity index (χ4v) is 3.35. The molecule has 3 aromatic rings. The lowest BCUT2D eigenvalue weighted by atomic mass is 9.98. The Morgan fingerprint density at radius 1 is 1.12 bits per heavy atom. The van der Waals surface area contributed by atoms with Crippen LogP contribution >= 0.6 is 0 Å². The molecule has 1 aliphatic heterocycles. The van der Waals surface area contributed by atoms with Crippen LogP contribution < -0.4 is 10.6 Å². The minimum absolute atomic E-state index is 0.0838. The average Bonchev–Trinajstić information content (AvgIpc) is 3.33. The number of benzene rings is 2. The number of hydrogen-bond acceptors (Lipinski definition) is 3. The first-order valence-electron chi connectivity index (χ1n) is 8.95. The van der Waals surface area contributed by atoms with Gasteiger partial charge in [-0.3, -0.25) is 9.48 Å². The predicted molar refractivity (Wildman–Crippen MR) is 101 cm³/mol. The van der Waals surface area contributed by atoms with Gasteiger partial charge in [0.15, 0.2) is 0 Å². The lowest BCUT2D eigenvalue weighted by Crippen LogP contribution is -2.35. The van der Waals surface area contributed by atoms with Crippen LogP contribution in [0.3, 0.4) is 0 Å². The second-order valence-electron chi connectivity index (χ2n) is 6.57. The van der Waals surface area contributed by atoms with Gasteiger partial charge in [-0.2, -0.15) is 5.10 Å². The van der Waals surface area contributed by atoms with Gasteiger partial charge in [0, 0.05) is 25.5 Å². The molecule has 26 heavy (non-hydrogen) atoms. The molecule has 1 amide bonds. The Morgan fingerprint density at radius 3 is 2.69 bits per heavy atom. The number of nitrogens with one attached hydrogen (secondary N) is 2. The van der Waals surface area contributed by atoms with E-state index in [4.69, 9.17) is 0 Å². The SMILES string of the molecule is O=C1NCC[C@@H]1NCc1ccccc1-c1ccc(Cn2cccn2)cc1. The molecule has 5 nitrogen and oxygen atoms in total. The molecule has 1 saturated heterocycles. The van der Waals surface area contributed by atoms with Crippen molar-refractivity contribution in [2.45, 2.75) is 25.6 Å². The van der Waals surface area contributed by atoms with Gasteiger partial charge in [-0.15, -0.1) is 0 Å². The standard InChI is InChI=1S/C21H22N4O/c26-21-20(10-12-22-21)23-14-18-4-1-2-5-19(18)17-8-6-16(7-9-17)15-25-13-3-11-24-25/h1-9,11,13,20,23H,10,12,14-15H2,(H,22,26)/t20-/m0/s1. The molecule has 0 saturated carbocycles. The van der Waals surface area contributed by atoms with Crippen molar-refractivity contribution in [3.8, 4) is 11.1 Å². The van der Waals surface area contributed by atoms with Crippen LogP contribution in [0.15, 0.2) is 67.0 Å². The maximum atomic E-state index is 11.7. The number of nitrogens with zero attached hydrogens (tertiary/aromatic N) is 2. The van der Waals surface area contributed by atoms with Crippen molar-refractivity contribution in [3.63, 3.8) is 0 Å². The van der Waals surface area contributed by atoms with Crippen molar-refractivity contribution in [2.75, 3.05) is 6.54 Å². The lowest BCUT2D eigenvalue weighted by molar-refractivity contribution is -0.120. The normalized spacial score (nSPS) is 16.6. The molecule has 0 unspecified atom stereocenters. The van der Waals surface area contributed by atoms with E-state index in [0.29, 0.717) is 6.54 Å². The van der Waals surface area contributed by atoms with Crippen LogP contribution in [0.2, 0.25) is 0 Å². The van der Waals surface area contributed by atoms with E-state index >= 15 is 0 Å². The minimum atomic E-state index is -0.0838. The predicted octanol–water partition coefficient (Wildman–Crippen LogP) is 2.58. The zero-order chi connectivity index (χ0) is 17.8. The topological polar surface area (TPSA) is 59.0 Å². The summed E-state index contributed by atoms with van der Waals surface area (Å²) in [6, 6.07) is 18.8. The van der Waals surface area contributed by atoms with Gasteiger partial charge in [0.2, 0.25) is 5.91 Å². The molecule has 0 spiro atoms. The number of aromatic nitrogens is 2. The van der Waals surface area contributed by atoms with E-state index in [-0.39, 0.29) is 11.9 Å². The summed E-state index contributed by atoms with van der Waals surface area (Å²) >= 11 is 0. The van der Waals surface area contributed by atoms with Crippen LogP contribution in [0, 0.1) is 0 Å². The van der Waals surface area contributed by atoms with Crippen molar-refractivity contribution >= 4 is 5.91 Å². The van der Waals surface area contributed by atoms with Crippen molar-refractivity contribution in [1.29, 1.82) is 0 Å². The van der Waals surface area contributed by atoms with Gasteiger partial charge >= 0.3 is 0 Å². The molecule has 1 aliphatic rings. The molecule has 0 bridgehead atoms. The highest BCUT2D eigenvalue weighted by Gasteiger charge is 2.23. The first kappa shape index (κ1) is 16.5. The zero-order valence-corrected chi connectivity index (χ0v) is 14.6. The molecule has 2 N–H and O–H groups in total. The Balaban J connectivity index is 1.49. The highest BCUT2D eigenvalue weighted by Crippen LogP contribution is 2.24.